The van der Waals surface area contributed by atoms with Gasteiger partial charge in [-0.1, -0.05) is 12.1 Å². The molecule has 1 unspecified atom stereocenters. The lowest BCUT2D eigenvalue weighted by molar-refractivity contribution is -0.388. The number of methoxy groups -OCH3 is 1. The first-order chi connectivity index (χ1) is 8.77. The van der Waals surface area contributed by atoms with Gasteiger partial charge < -0.3 is 10.5 Å². The molecule has 1 aromatic carbocycles. The van der Waals surface area contributed by atoms with Crippen LogP contribution in [0.15, 0.2) is 23.1 Å². The molecule has 0 aliphatic heterocycles. The van der Waals surface area contributed by atoms with E-state index in [0.29, 0.717) is 0 Å². The molecule has 0 aliphatic rings. The van der Waals surface area contributed by atoms with Crippen LogP contribution in [0.4, 0.5) is 5.69 Å². The Hall–Kier alpha value is -1.51. The molecule has 0 amide bonds. The molecule has 0 aromatic heterocycles. The average molecular weight is 288 g/mol. The van der Waals surface area contributed by atoms with E-state index in [4.69, 9.17) is 10.5 Å². The Morgan fingerprint density at radius 2 is 2.11 bits per heavy atom. The minimum absolute atomic E-state index is 0.174. The SMILES string of the molecule is COCC(N)Cc1cccc(S(C)(=O)=O)c1[N+](=O)[O-]. The number of benzene rings is 1. The molecule has 8 heteroatoms. The van der Waals surface area contributed by atoms with Crippen LogP contribution in [-0.4, -0.2) is 39.4 Å². The smallest absolute Gasteiger partial charge is 0.291 e. The molecule has 0 saturated heterocycles. The second-order valence-corrected chi connectivity index (χ2v) is 6.20. The molecule has 19 heavy (non-hydrogen) atoms. The Balaban J connectivity index is 3.29. The molecule has 0 aliphatic carbocycles. The highest BCUT2D eigenvalue weighted by molar-refractivity contribution is 7.90. The number of nitro groups is 1. The number of nitrogens with two attached hydrogens (primary N) is 1. The first kappa shape index (κ1) is 15.5. The van der Waals surface area contributed by atoms with Gasteiger partial charge in [0, 0.05) is 25.0 Å². The van der Waals surface area contributed by atoms with Gasteiger partial charge in [0.05, 0.1) is 11.5 Å². The lowest BCUT2D eigenvalue weighted by Crippen LogP contribution is -2.28. The van der Waals surface area contributed by atoms with Gasteiger partial charge in [-0.25, -0.2) is 8.42 Å². The van der Waals surface area contributed by atoms with E-state index in [1.807, 2.05) is 0 Å². The maximum atomic E-state index is 11.6. The van der Waals surface area contributed by atoms with Crippen LogP contribution in [0.1, 0.15) is 5.56 Å². The summed E-state index contributed by atoms with van der Waals surface area (Å²) in [5, 5.41) is 11.1. The van der Waals surface area contributed by atoms with Gasteiger partial charge in [-0.15, -0.1) is 0 Å². The number of sulfone groups is 1. The van der Waals surface area contributed by atoms with E-state index >= 15 is 0 Å². The number of nitro benzene ring substituents is 1. The second kappa shape index (κ2) is 6.09. The molecular formula is C11H16N2O5S. The van der Waals surface area contributed by atoms with Gasteiger partial charge in [0.2, 0.25) is 0 Å². The molecule has 1 aromatic rings. The van der Waals surface area contributed by atoms with E-state index in [9.17, 15) is 18.5 Å². The van der Waals surface area contributed by atoms with Crippen LogP contribution in [0, 0.1) is 10.1 Å². The van der Waals surface area contributed by atoms with Crippen molar-refractivity contribution >= 4 is 15.5 Å². The van der Waals surface area contributed by atoms with Gasteiger partial charge >= 0.3 is 0 Å². The molecule has 0 bridgehead atoms. The molecule has 106 valence electrons. The lowest BCUT2D eigenvalue weighted by Gasteiger charge is -2.11. The van der Waals surface area contributed by atoms with Gasteiger partial charge in [-0.05, 0) is 12.5 Å². The fourth-order valence-electron chi connectivity index (χ4n) is 1.79. The monoisotopic (exact) mass is 288 g/mol. The minimum atomic E-state index is -3.66. The van der Waals surface area contributed by atoms with Gasteiger partial charge in [-0.2, -0.15) is 0 Å². The van der Waals surface area contributed by atoms with Crippen LogP contribution in [0.5, 0.6) is 0 Å². The summed E-state index contributed by atoms with van der Waals surface area (Å²) < 4.78 is 28.0. The molecular weight excluding hydrogens is 272 g/mol. The third-order valence-corrected chi connectivity index (χ3v) is 3.66. The summed E-state index contributed by atoms with van der Waals surface area (Å²) in [6.45, 7) is 0.236. The number of rotatable bonds is 6. The summed E-state index contributed by atoms with van der Waals surface area (Å²) >= 11 is 0. The van der Waals surface area contributed by atoms with Crippen molar-refractivity contribution in [1.82, 2.24) is 0 Å². The quantitative estimate of drug-likeness (QED) is 0.603. The summed E-state index contributed by atoms with van der Waals surface area (Å²) in [7, 11) is -2.19. The van der Waals surface area contributed by atoms with Crippen LogP contribution in [0.3, 0.4) is 0 Å². The predicted octanol–water partition coefficient (Wildman–Crippen LogP) is 0.514. The Morgan fingerprint density at radius 3 is 2.58 bits per heavy atom. The molecule has 0 heterocycles. The summed E-state index contributed by atoms with van der Waals surface area (Å²) in [4.78, 5) is 10.1. The van der Waals surface area contributed by atoms with Crippen molar-refractivity contribution < 1.29 is 18.1 Å². The molecule has 0 spiro atoms. The van der Waals surface area contributed by atoms with Crippen molar-refractivity contribution in [2.45, 2.75) is 17.4 Å². The van der Waals surface area contributed by atoms with Crippen molar-refractivity contribution in [3.8, 4) is 0 Å². The highest BCUT2D eigenvalue weighted by Gasteiger charge is 2.26. The zero-order chi connectivity index (χ0) is 14.6. The predicted molar refractivity (Wildman–Crippen MR) is 69.8 cm³/mol. The molecule has 0 radical (unpaired) electrons. The Labute approximate surface area is 111 Å². The van der Waals surface area contributed by atoms with Crippen molar-refractivity contribution in [2.24, 2.45) is 5.73 Å². The van der Waals surface area contributed by atoms with Crippen LogP contribution in [-0.2, 0) is 21.0 Å². The normalized spacial score (nSPS) is 13.2. The molecule has 7 nitrogen and oxygen atoms in total. The zero-order valence-corrected chi connectivity index (χ0v) is 11.5. The van der Waals surface area contributed by atoms with Gasteiger partial charge in [-0.3, -0.25) is 10.1 Å². The van der Waals surface area contributed by atoms with Crippen molar-refractivity contribution in [1.29, 1.82) is 0 Å². The Kier molecular flexibility index (Phi) is 4.98. The fourth-order valence-corrected chi connectivity index (χ4v) is 2.68. The van der Waals surface area contributed by atoms with Gasteiger partial charge in [0.25, 0.3) is 5.69 Å². The largest absolute Gasteiger partial charge is 0.383 e. The maximum Gasteiger partial charge on any atom is 0.291 e. The van der Waals surface area contributed by atoms with Crippen molar-refractivity contribution in [3.05, 3.63) is 33.9 Å². The number of hydrogen-bond acceptors (Lipinski definition) is 6. The maximum absolute atomic E-state index is 11.6. The van der Waals surface area contributed by atoms with Crippen molar-refractivity contribution in [3.63, 3.8) is 0 Å². The van der Waals surface area contributed by atoms with E-state index in [-0.39, 0.29) is 23.5 Å². The van der Waals surface area contributed by atoms with Crippen molar-refractivity contribution in [2.75, 3.05) is 20.0 Å². The van der Waals surface area contributed by atoms with Crippen LogP contribution in [0.25, 0.3) is 0 Å². The first-order valence-corrected chi connectivity index (χ1v) is 7.37. The number of nitrogens with zero attached hydrogens (tertiary/aromatic N) is 1. The molecule has 0 saturated carbocycles. The van der Waals surface area contributed by atoms with Crippen LogP contribution in [0.2, 0.25) is 0 Å². The molecule has 2 N–H and O–H groups in total. The highest BCUT2D eigenvalue weighted by atomic mass is 32.2. The summed E-state index contributed by atoms with van der Waals surface area (Å²) in [6, 6.07) is 3.76. The average Bonchev–Trinajstić information content (AvgIpc) is 2.27. The zero-order valence-electron chi connectivity index (χ0n) is 10.7. The molecule has 1 atom stereocenters. The highest BCUT2D eigenvalue weighted by Crippen LogP contribution is 2.28. The number of ether oxygens (including phenoxy) is 1. The van der Waals surface area contributed by atoms with E-state index in [2.05, 4.69) is 0 Å². The number of hydrogen-bond donors (Lipinski definition) is 1. The molecule has 1 rings (SSSR count). The van der Waals surface area contributed by atoms with Gasteiger partial charge in [0.15, 0.2) is 9.84 Å². The van der Waals surface area contributed by atoms with E-state index in [0.717, 1.165) is 6.26 Å². The summed E-state index contributed by atoms with van der Waals surface area (Å²) in [6.07, 6.45) is 1.11. The second-order valence-electron chi connectivity index (χ2n) is 4.21. The standard InChI is InChI=1S/C11H16N2O5S/c1-18-7-9(12)6-8-4-3-5-10(19(2,16)17)11(8)13(14)15/h3-5,9H,6-7,12H2,1-2H3. The lowest BCUT2D eigenvalue weighted by atomic mass is 10.1. The Bertz CT molecular complexity index is 570. The third kappa shape index (κ3) is 3.98. The topological polar surface area (TPSA) is 113 Å². The van der Waals surface area contributed by atoms with Crippen LogP contribution < -0.4 is 5.73 Å². The van der Waals surface area contributed by atoms with E-state index < -0.39 is 26.5 Å². The first-order valence-electron chi connectivity index (χ1n) is 5.48. The molecule has 0 fully saturated rings. The van der Waals surface area contributed by atoms with Gasteiger partial charge in [0.1, 0.15) is 4.90 Å². The number of para-hydroxylation sites is 1. The van der Waals surface area contributed by atoms with E-state index in [1.54, 1.807) is 0 Å². The summed E-state index contributed by atoms with van der Waals surface area (Å²) in [5.74, 6) is 0. The minimum Gasteiger partial charge on any atom is -0.383 e. The third-order valence-electron chi connectivity index (χ3n) is 2.53. The Morgan fingerprint density at radius 1 is 1.47 bits per heavy atom. The van der Waals surface area contributed by atoms with Crippen LogP contribution >= 0.6 is 0 Å². The fraction of sp³-hybridized carbons (Fsp3) is 0.455. The summed E-state index contributed by atoms with van der Waals surface area (Å²) in [5.41, 5.74) is 5.63. The van der Waals surface area contributed by atoms with E-state index in [1.165, 1.54) is 25.3 Å².